The van der Waals surface area contributed by atoms with Gasteiger partial charge in [0, 0.05) is 12.1 Å². The minimum atomic E-state index is 0.402. The second-order valence-electron chi connectivity index (χ2n) is 5.04. The number of hydrogen-bond donors (Lipinski definition) is 1. The molecule has 1 nitrogen and oxygen atoms in total. The molecular weight excluding hydrogens is 238 g/mol. The maximum Gasteiger partial charge on any atom is 0.0294 e. The molecule has 0 radical (unpaired) electrons. The van der Waals surface area contributed by atoms with Gasteiger partial charge in [0.15, 0.2) is 0 Å². The molecule has 1 aromatic heterocycles. The summed E-state index contributed by atoms with van der Waals surface area (Å²) in [4.78, 5) is 0. The summed E-state index contributed by atoms with van der Waals surface area (Å²) in [5.41, 5.74) is 4.10. The minimum absolute atomic E-state index is 0.402. The number of nitrogens with one attached hydrogen (secondary N) is 1. The van der Waals surface area contributed by atoms with Crippen LogP contribution in [0.15, 0.2) is 41.1 Å². The van der Waals surface area contributed by atoms with Crippen molar-refractivity contribution in [3.05, 3.63) is 57.8 Å². The van der Waals surface area contributed by atoms with Crippen LogP contribution in [0.4, 0.5) is 0 Å². The van der Waals surface area contributed by atoms with E-state index in [1.54, 1.807) is 11.3 Å². The first-order valence-electron chi connectivity index (χ1n) is 6.49. The van der Waals surface area contributed by atoms with Crippen molar-refractivity contribution in [1.29, 1.82) is 0 Å². The fourth-order valence-corrected chi connectivity index (χ4v) is 2.88. The Morgan fingerprint density at radius 3 is 2.44 bits per heavy atom. The highest BCUT2D eigenvalue weighted by molar-refractivity contribution is 7.07. The summed E-state index contributed by atoms with van der Waals surface area (Å²) in [6, 6.07) is 11.9. The van der Waals surface area contributed by atoms with Gasteiger partial charge in [0.05, 0.1) is 0 Å². The van der Waals surface area contributed by atoms with Crippen molar-refractivity contribution in [2.24, 2.45) is 0 Å². The Hall–Kier alpha value is -1.12. The summed E-state index contributed by atoms with van der Waals surface area (Å²) in [5, 5.41) is 8.03. The zero-order valence-corrected chi connectivity index (χ0v) is 12.1. The standard InChI is InChI=1S/C16H21NS/c1-12-4-6-16(7-5-12)14(3)17-13(2)10-15-8-9-18-11-15/h4-9,11,13-14,17H,10H2,1-3H3. The molecule has 2 atom stereocenters. The minimum Gasteiger partial charge on any atom is -0.307 e. The Balaban J connectivity index is 1.90. The van der Waals surface area contributed by atoms with Gasteiger partial charge in [-0.15, -0.1) is 0 Å². The van der Waals surface area contributed by atoms with Gasteiger partial charge in [0.1, 0.15) is 0 Å². The number of rotatable bonds is 5. The highest BCUT2D eigenvalue weighted by Gasteiger charge is 2.09. The molecule has 0 saturated heterocycles. The van der Waals surface area contributed by atoms with E-state index in [4.69, 9.17) is 0 Å². The van der Waals surface area contributed by atoms with Gasteiger partial charge in [-0.05, 0) is 55.1 Å². The van der Waals surface area contributed by atoms with E-state index in [-0.39, 0.29) is 0 Å². The third-order valence-electron chi connectivity index (χ3n) is 3.23. The van der Waals surface area contributed by atoms with Crippen LogP contribution in [0.1, 0.15) is 36.6 Å². The van der Waals surface area contributed by atoms with Crippen molar-refractivity contribution in [3.63, 3.8) is 0 Å². The Morgan fingerprint density at radius 1 is 1.11 bits per heavy atom. The van der Waals surface area contributed by atoms with Crippen molar-refractivity contribution in [3.8, 4) is 0 Å². The summed E-state index contributed by atoms with van der Waals surface area (Å²) >= 11 is 1.77. The molecule has 0 bridgehead atoms. The van der Waals surface area contributed by atoms with Gasteiger partial charge in [-0.1, -0.05) is 29.8 Å². The molecule has 0 spiro atoms. The van der Waals surface area contributed by atoms with Crippen LogP contribution in [0.2, 0.25) is 0 Å². The predicted octanol–water partition coefficient (Wildman–Crippen LogP) is 4.34. The molecule has 0 aliphatic heterocycles. The Kier molecular flexibility index (Phi) is 4.56. The molecule has 0 aliphatic carbocycles. The monoisotopic (exact) mass is 259 g/mol. The lowest BCUT2D eigenvalue weighted by atomic mass is 10.0. The van der Waals surface area contributed by atoms with Crippen molar-refractivity contribution >= 4 is 11.3 Å². The maximum atomic E-state index is 3.66. The van der Waals surface area contributed by atoms with Gasteiger partial charge < -0.3 is 5.32 Å². The molecule has 0 aliphatic rings. The van der Waals surface area contributed by atoms with Crippen molar-refractivity contribution in [1.82, 2.24) is 5.32 Å². The molecule has 1 heterocycles. The molecule has 0 saturated carbocycles. The lowest BCUT2D eigenvalue weighted by Crippen LogP contribution is -2.30. The molecule has 1 aromatic carbocycles. The van der Waals surface area contributed by atoms with E-state index < -0.39 is 0 Å². The molecule has 2 aromatic rings. The van der Waals surface area contributed by atoms with Crippen LogP contribution >= 0.6 is 11.3 Å². The van der Waals surface area contributed by atoms with Gasteiger partial charge in [0.25, 0.3) is 0 Å². The highest BCUT2D eigenvalue weighted by atomic mass is 32.1. The van der Waals surface area contributed by atoms with E-state index in [2.05, 4.69) is 67.2 Å². The number of aryl methyl sites for hydroxylation is 1. The van der Waals surface area contributed by atoms with E-state index in [9.17, 15) is 0 Å². The van der Waals surface area contributed by atoms with Crippen LogP contribution < -0.4 is 5.32 Å². The van der Waals surface area contributed by atoms with Crippen LogP contribution in [0, 0.1) is 6.92 Å². The average molecular weight is 259 g/mol. The third kappa shape index (κ3) is 3.69. The first-order valence-corrected chi connectivity index (χ1v) is 7.43. The number of hydrogen-bond acceptors (Lipinski definition) is 2. The molecule has 1 N–H and O–H groups in total. The van der Waals surface area contributed by atoms with Gasteiger partial charge in [0.2, 0.25) is 0 Å². The Morgan fingerprint density at radius 2 is 1.83 bits per heavy atom. The molecule has 2 heteroatoms. The second kappa shape index (κ2) is 6.17. The van der Waals surface area contributed by atoms with E-state index in [1.807, 2.05) is 0 Å². The van der Waals surface area contributed by atoms with Gasteiger partial charge in [-0.3, -0.25) is 0 Å². The Bertz CT molecular complexity index is 458. The first kappa shape index (κ1) is 13.3. The lowest BCUT2D eigenvalue weighted by Gasteiger charge is -2.20. The molecule has 0 amide bonds. The average Bonchev–Trinajstić information content (AvgIpc) is 2.82. The molecule has 2 unspecified atom stereocenters. The summed E-state index contributed by atoms with van der Waals surface area (Å²) in [6.45, 7) is 6.61. The fraction of sp³-hybridized carbons (Fsp3) is 0.375. The molecule has 96 valence electrons. The molecule has 18 heavy (non-hydrogen) atoms. The summed E-state index contributed by atoms with van der Waals surface area (Å²) < 4.78 is 0. The van der Waals surface area contributed by atoms with Crippen molar-refractivity contribution < 1.29 is 0 Å². The largest absolute Gasteiger partial charge is 0.307 e. The fourth-order valence-electron chi connectivity index (χ4n) is 2.20. The van der Waals surface area contributed by atoms with Gasteiger partial charge >= 0.3 is 0 Å². The molecule has 2 rings (SSSR count). The topological polar surface area (TPSA) is 12.0 Å². The number of thiophene rings is 1. The van der Waals surface area contributed by atoms with E-state index in [1.165, 1.54) is 16.7 Å². The van der Waals surface area contributed by atoms with Crippen LogP contribution in [0.5, 0.6) is 0 Å². The smallest absolute Gasteiger partial charge is 0.0294 e. The normalized spacial score (nSPS) is 14.4. The third-order valence-corrected chi connectivity index (χ3v) is 3.97. The number of benzene rings is 1. The predicted molar refractivity (Wildman–Crippen MR) is 80.2 cm³/mol. The van der Waals surface area contributed by atoms with E-state index in [0.29, 0.717) is 12.1 Å². The second-order valence-corrected chi connectivity index (χ2v) is 5.82. The van der Waals surface area contributed by atoms with E-state index >= 15 is 0 Å². The summed E-state index contributed by atoms with van der Waals surface area (Å²) in [7, 11) is 0. The van der Waals surface area contributed by atoms with E-state index in [0.717, 1.165) is 6.42 Å². The molecule has 0 fully saturated rings. The zero-order valence-electron chi connectivity index (χ0n) is 11.3. The van der Waals surface area contributed by atoms with Crippen LogP contribution in [0.3, 0.4) is 0 Å². The summed E-state index contributed by atoms with van der Waals surface area (Å²) in [6.07, 6.45) is 1.10. The Labute approximate surface area is 114 Å². The highest BCUT2D eigenvalue weighted by Crippen LogP contribution is 2.15. The summed E-state index contributed by atoms with van der Waals surface area (Å²) in [5.74, 6) is 0. The van der Waals surface area contributed by atoms with Crippen molar-refractivity contribution in [2.75, 3.05) is 0 Å². The lowest BCUT2D eigenvalue weighted by molar-refractivity contribution is 0.477. The van der Waals surface area contributed by atoms with Crippen molar-refractivity contribution in [2.45, 2.75) is 39.3 Å². The molecular formula is C16H21NS. The quantitative estimate of drug-likeness (QED) is 0.842. The SMILES string of the molecule is Cc1ccc(C(C)NC(C)Cc2ccsc2)cc1. The first-order chi connectivity index (χ1) is 8.65. The maximum absolute atomic E-state index is 3.66. The van der Waals surface area contributed by atoms with Crippen LogP contribution in [0.25, 0.3) is 0 Å². The zero-order chi connectivity index (χ0) is 13.0. The van der Waals surface area contributed by atoms with Crippen LogP contribution in [-0.4, -0.2) is 6.04 Å². The van der Waals surface area contributed by atoms with Gasteiger partial charge in [-0.2, -0.15) is 11.3 Å². The van der Waals surface area contributed by atoms with Gasteiger partial charge in [-0.25, -0.2) is 0 Å². The van der Waals surface area contributed by atoms with Crippen LogP contribution in [-0.2, 0) is 6.42 Å².